The first-order valence-electron chi connectivity index (χ1n) is 6.96. The van der Waals surface area contributed by atoms with Crippen molar-refractivity contribution < 1.29 is 9.59 Å². The topological polar surface area (TPSA) is 49.4 Å². The molecule has 0 aliphatic carbocycles. The van der Waals surface area contributed by atoms with E-state index in [2.05, 4.69) is 5.32 Å². The Balaban J connectivity index is 2.06. The first-order chi connectivity index (χ1) is 9.58. The summed E-state index contributed by atoms with van der Waals surface area (Å²) < 4.78 is 0. The van der Waals surface area contributed by atoms with Gasteiger partial charge in [-0.05, 0) is 31.1 Å². The van der Waals surface area contributed by atoms with E-state index in [1.165, 1.54) is 0 Å². The molecule has 2 aliphatic heterocycles. The molecule has 0 unspecified atom stereocenters. The van der Waals surface area contributed by atoms with E-state index in [9.17, 15) is 9.59 Å². The molecule has 1 aromatic rings. The fraction of sp³-hybridized carbons (Fsp3) is 0.375. The number of carbonyl (C=O) groups is 2. The molecule has 4 heteroatoms. The van der Waals surface area contributed by atoms with Crippen molar-refractivity contribution in [3.8, 4) is 0 Å². The van der Waals surface area contributed by atoms with Crippen molar-refractivity contribution in [3.63, 3.8) is 0 Å². The van der Waals surface area contributed by atoms with E-state index in [0.717, 1.165) is 11.1 Å². The van der Waals surface area contributed by atoms with E-state index < -0.39 is 6.04 Å². The third-order valence-electron chi connectivity index (χ3n) is 3.83. The lowest BCUT2D eigenvalue weighted by atomic mass is 9.82. The van der Waals surface area contributed by atoms with Crippen molar-refractivity contribution in [2.24, 2.45) is 0 Å². The molecular weight excluding hydrogens is 252 g/mol. The van der Waals surface area contributed by atoms with Crippen LogP contribution in [0.15, 0.2) is 36.4 Å². The molecule has 1 N–H and O–H groups in total. The first-order valence-corrected chi connectivity index (χ1v) is 6.96. The van der Waals surface area contributed by atoms with Crippen LogP contribution < -0.4 is 5.32 Å². The van der Waals surface area contributed by atoms with Crippen LogP contribution in [0.3, 0.4) is 0 Å². The molecule has 2 aliphatic rings. The largest absolute Gasteiger partial charge is 0.352 e. The van der Waals surface area contributed by atoms with Gasteiger partial charge in [0.25, 0.3) is 0 Å². The fourth-order valence-electron chi connectivity index (χ4n) is 3.00. The summed E-state index contributed by atoms with van der Waals surface area (Å²) in [5, 5.41) is 2.92. The van der Waals surface area contributed by atoms with Gasteiger partial charge in [-0.25, -0.2) is 0 Å². The van der Waals surface area contributed by atoms with Gasteiger partial charge in [0.15, 0.2) is 0 Å². The molecule has 0 saturated heterocycles. The Morgan fingerprint density at radius 3 is 2.70 bits per heavy atom. The molecule has 2 bridgehead atoms. The van der Waals surface area contributed by atoms with E-state index in [1.54, 1.807) is 11.0 Å². The van der Waals surface area contributed by atoms with Crippen LogP contribution in [0.25, 0.3) is 0 Å². The Kier molecular flexibility index (Phi) is 3.08. The van der Waals surface area contributed by atoms with Gasteiger partial charge in [0.1, 0.15) is 6.04 Å². The standard InChI is InChI=1S/C16H18N2O2/c1-10(2)17-16(20)15-13-6-4-3-5-12(13)11-7-8-14(19)18(15)9-11/h3-8,10-11,15H,9H2,1-2H3,(H,17,20)/t11-,15-/m1/s1. The Hall–Kier alpha value is -2.10. The summed E-state index contributed by atoms with van der Waals surface area (Å²) in [6, 6.07) is 7.45. The number of benzene rings is 1. The summed E-state index contributed by atoms with van der Waals surface area (Å²) in [5.74, 6) is 0.0150. The zero-order valence-corrected chi connectivity index (χ0v) is 11.7. The normalized spacial score (nSPS) is 23.8. The summed E-state index contributed by atoms with van der Waals surface area (Å²) in [6.07, 6.45) is 3.52. The van der Waals surface area contributed by atoms with Gasteiger partial charge in [0.05, 0.1) is 0 Å². The van der Waals surface area contributed by atoms with Crippen LogP contribution in [0, 0.1) is 0 Å². The van der Waals surface area contributed by atoms with E-state index >= 15 is 0 Å². The fourth-order valence-corrected chi connectivity index (χ4v) is 3.00. The first kappa shape index (κ1) is 12.9. The number of nitrogens with one attached hydrogen (secondary N) is 1. The quantitative estimate of drug-likeness (QED) is 0.890. The second-order valence-electron chi connectivity index (χ2n) is 5.65. The average Bonchev–Trinajstić information content (AvgIpc) is 2.42. The number of nitrogens with zero attached hydrogens (tertiary/aromatic N) is 1. The van der Waals surface area contributed by atoms with Gasteiger partial charge in [-0.15, -0.1) is 0 Å². The van der Waals surface area contributed by atoms with Crippen molar-refractivity contribution in [2.75, 3.05) is 6.54 Å². The lowest BCUT2D eigenvalue weighted by molar-refractivity contribution is -0.139. The molecule has 4 nitrogen and oxygen atoms in total. The van der Waals surface area contributed by atoms with Gasteiger partial charge in [-0.3, -0.25) is 9.59 Å². The van der Waals surface area contributed by atoms with E-state index in [1.807, 2.05) is 44.2 Å². The molecule has 0 saturated carbocycles. The SMILES string of the molecule is CC(C)NC(=O)[C@H]1c2ccccc2[C@@H]2C=CC(=O)N1C2. The highest BCUT2D eigenvalue weighted by atomic mass is 16.2. The summed E-state index contributed by atoms with van der Waals surface area (Å²) in [4.78, 5) is 26.2. The smallest absolute Gasteiger partial charge is 0.247 e. The van der Waals surface area contributed by atoms with Crippen molar-refractivity contribution in [1.82, 2.24) is 10.2 Å². The van der Waals surface area contributed by atoms with Crippen LogP contribution in [-0.2, 0) is 9.59 Å². The Morgan fingerprint density at radius 1 is 1.30 bits per heavy atom. The van der Waals surface area contributed by atoms with Crippen LogP contribution in [0.2, 0.25) is 0 Å². The highest BCUT2D eigenvalue weighted by Gasteiger charge is 2.40. The Bertz CT molecular complexity index is 592. The molecule has 0 radical (unpaired) electrons. The summed E-state index contributed by atoms with van der Waals surface area (Å²) >= 11 is 0. The lowest BCUT2D eigenvalue weighted by Gasteiger charge is -2.41. The number of rotatable bonds is 2. The minimum Gasteiger partial charge on any atom is -0.352 e. The van der Waals surface area contributed by atoms with Crippen LogP contribution in [0.1, 0.15) is 36.9 Å². The summed E-state index contributed by atoms with van der Waals surface area (Å²) in [6.45, 7) is 4.43. The molecule has 2 atom stereocenters. The molecule has 0 fully saturated rings. The predicted octanol–water partition coefficient (Wildman–Crippen LogP) is 1.75. The molecule has 0 spiro atoms. The maximum atomic E-state index is 12.5. The summed E-state index contributed by atoms with van der Waals surface area (Å²) in [5.41, 5.74) is 2.09. The minimum atomic E-state index is -0.512. The number of amides is 2. The molecule has 3 rings (SSSR count). The summed E-state index contributed by atoms with van der Waals surface area (Å²) in [7, 11) is 0. The van der Waals surface area contributed by atoms with Gasteiger partial charge in [-0.1, -0.05) is 30.3 Å². The second kappa shape index (κ2) is 4.78. The molecule has 2 heterocycles. The molecule has 2 amide bonds. The highest BCUT2D eigenvalue weighted by Crippen LogP contribution is 2.39. The lowest BCUT2D eigenvalue weighted by Crippen LogP contribution is -2.50. The van der Waals surface area contributed by atoms with Gasteiger partial charge in [0.2, 0.25) is 11.8 Å². The van der Waals surface area contributed by atoms with Gasteiger partial charge in [-0.2, -0.15) is 0 Å². The Morgan fingerprint density at radius 2 is 2.00 bits per heavy atom. The van der Waals surface area contributed by atoms with Crippen molar-refractivity contribution in [2.45, 2.75) is 31.8 Å². The molecule has 104 valence electrons. The number of fused-ring (bicyclic) bond motifs is 4. The maximum Gasteiger partial charge on any atom is 0.247 e. The van der Waals surface area contributed by atoms with Crippen LogP contribution in [-0.4, -0.2) is 29.3 Å². The van der Waals surface area contributed by atoms with Crippen LogP contribution in [0.5, 0.6) is 0 Å². The van der Waals surface area contributed by atoms with Crippen LogP contribution >= 0.6 is 0 Å². The zero-order valence-electron chi connectivity index (χ0n) is 11.7. The number of carbonyl (C=O) groups excluding carboxylic acids is 2. The van der Waals surface area contributed by atoms with Gasteiger partial charge in [0, 0.05) is 18.5 Å². The van der Waals surface area contributed by atoms with E-state index in [-0.39, 0.29) is 23.8 Å². The number of hydrogen-bond donors (Lipinski definition) is 1. The molecule has 0 aromatic heterocycles. The van der Waals surface area contributed by atoms with E-state index in [0.29, 0.717) is 6.54 Å². The van der Waals surface area contributed by atoms with Crippen molar-refractivity contribution >= 4 is 11.8 Å². The van der Waals surface area contributed by atoms with Crippen molar-refractivity contribution in [3.05, 3.63) is 47.5 Å². The molecule has 20 heavy (non-hydrogen) atoms. The number of hydrogen-bond acceptors (Lipinski definition) is 2. The predicted molar refractivity (Wildman–Crippen MR) is 76.1 cm³/mol. The van der Waals surface area contributed by atoms with E-state index in [4.69, 9.17) is 0 Å². The highest BCUT2D eigenvalue weighted by molar-refractivity contribution is 5.95. The maximum absolute atomic E-state index is 12.5. The second-order valence-corrected chi connectivity index (χ2v) is 5.65. The van der Waals surface area contributed by atoms with Crippen molar-refractivity contribution in [1.29, 1.82) is 0 Å². The Labute approximate surface area is 118 Å². The monoisotopic (exact) mass is 270 g/mol. The molecular formula is C16H18N2O2. The van der Waals surface area contributed by atoms with Gasteiger partial charge >= 0.3 is 0 Å². The third-order valence-corrected chi connectivity index (χ3v) is 3.83. The van der Waals surface area contributed by atoms with Crippen LogP contribution in [0.4, 0.5) is 0 Å². The third kappa shape index (κ3) is 2.01. The average molecular weight is 270 g/mol. The zero-order chi connectivity index (χ0) is 14.3. The van der Waals surface area contributed by atoms with Gasteiger partial charge < -0.3 is 10.2 Å². The minimum absolute atomic E-state index is 0.0582. The molecule has 1 aromatic carbocycles.